The van der Waals surface area contributed by atoms with E-state index in [0.29, 0.717) is 5.82 Å². The largest absolute Gasteiger partial charge is 0.351 e. The summed E-state index contributed by atoms with van der Waals surface area (Å²) in [4.78, 5) is 8.84. The Kier molecular flexibility index (Phi) is 6.36. The number of nitrogens with zero attached hydrogens (tertiary/aromatic N) is 3. The molecular formula is C29H27ClFN3. The predicted molar refractivity (Wildman–Crippen MR) is 137 cm³/mol. The minimum Gasteiger partial charge on any atom is -0.351 e. The van der Waals surface area contributed by atoms with Crippen molar-refractivity contribution in [3.8, 4) is 0 Å². The zero-order valence-electron chi connectivity index (χ0n) is 19.1. The SMILES string of the molecule is CC1CN(C(c2ccccc2)(c2ccccc2)c2ccccc2)CCN1c1ccc(Cl)c(F)n1. The Balaban J connectivity index is 1.61. The summed E-state index contributed by atoms with van der Waals surface area (Å²) in [6.45, 7) is 4.47. The molecule has 1 atom stereocenters. The van der Waals surface area contributed by atoms with Gasteiger partial charge in [-0.3, -0.25) is 4.90 Å². The highest BCUT2D eigenvalue weighted by Gasteiger charge is 2.44. The van der Waals surface area contributed by atoms with Crippen molar-refractivity contribution in [3.63, 3.8) is 0 Å². The van der Waals surface area contributed by atoms with Gasteiger partial charge in [0.15, 0.2) is 0 Å². The highest BCUT2D eigenvalue weighted by atomic mass is 35.5. The number of benzene rings is 3. The van der Waals surface area contributed by atoms with Gasteiger partial charge in [0.05, 0.1) is 10.6 Å². The van der Waals surface area contributed by atoms with Gasteiger partial charge in [-0.05, 0) is 35.7 Å². The van der Waals surface area contributed by atoms with E-state index < -0.39 is 11.5 Å². The first-order valence-electron chi connectivity index (χ1n) is 11.6. The number of pyridine rings is 1. The summed E-state index contributed by atoms with van der Waals surface area (Å²) in [5, 5.41) is 0.0475. The summed E-state index contributed by atoms with van der Waals surface area (Å²) < 4.78 is 14.1. The van der Waals surface area contributed by atoms with Crippen molar-refractivity contribution in [2.45, 2.75) is 18.5 Å². The fourth-order valence-electron chi connectivity index (χ4n) is 5.26. The molecule has 0 radical (unpaired) electrons. The van der Waals surface area contributed by atoms with E-state index in [1.807, 2.05) is 0 Å². The van der Waals surface area contributed by atoms with Crippen LogP contribution in [0.5, 0.6) is 0 Å². The normalized spacial score (nSPS) is 17.0. The second kappa shape index (κ2) is 9.57. The molecule has 1 aromatic heterocycles. The van der Waals surface area contributed by atoms with Gasteiger partial charge in [0.1, 0.15) is 5.82 Å². The minimum absolute atomic E-state index is 0.0475. The smallest absolute Gasteiger partial charge is 0.233 e. The van der Waals surface area contributed by atoms with Crippen LogP contribution in [0.2, 0.25) is 5.02 Å². The van der Waals surface area contributed by atoms with Crippen molar-refractivity contribution in [1.82, 2.24) is 9.88 Å². The van der Waals surface area contributed by atoms with Crippen LogP contribution >= 0.6 is 11.6 Å². The average Bonchev–Trinajstić information content (AvgIpc) is 2.88. The third kappa shape index (κ3) is 3.97. The highest BCUT2D eigenvalue weighted by molar-refractivity contribution is 6.30. The zero-order valence-corrected chi connectivity index (χ0v) is 19.9. The second-order valence-electron chi connectivity index (χ2n) is 8.74. The molecule has 1 unspecified atom stereocenters. The molecule has 2 heterocycles. The Bertz CT molecular complexity index is 1140. The Labute approximate surface area is 205 Å². The Hall–Kier alpha value is -3.21. The van der Waals surface area contributed by atoms with Crippen LogP contribution in [0.3, 0.4) is 0 Å². The van der Waals surface area contributed by atoms with Crippen LogP contribution in [0.4, 0.5) is 10.2 Å². The fourth-order valence-corrected chi connectivity index (χ4v) is 5.36. The molecule has 34 heavy (non-hydrogen) atoms. The summed E-state index contributed by atoms with van der Waals surface area (Å²) >= 11 is 5.88. The molecule has 1 fully saturated rings. The Morgan fingerprint density at radius 3 is 1.71 bits per heavy atom. The molecule has 0 saturated carbocycles. The van der Waals surface area contributed by atoms with Gasteiger partial charge in [0.25, 0.3) is 0 Å². The molecule has 4 aromatic rings. The maximum atomic E-state index is 14.1. The van der Waals surface area contributed by atoms with Gasteiger partial charge >= 0.3 is 0 Å². The fraction of sp³-hybridized carbons (Fsp3) is 0.207. The molecule has 1 saturated heterocycles. The number of rotatable bonds is 5. The van der Waals surface area contributed by atoms with Crippen molar-refractivity contribution in [2.24, 2.45) is 0 Å². The Morgan fingerprint density at radius 2 is 1.26 bits per heavy atom. The van der Waals surface area contributed by atoms with Crippen LogP contribution in [0.25, 0.3) is 0 Å². The third-order valence-corrected chi connectivity index (χ3v) is 7.04. The third-order valence-electron chi connectivity index (χ3n) is 6.76. The van der Waals surface area contributed by atoms with Gasteiger partial charge in [-0.1, -0.05) is 103 Å². The van der Waals surface area contributed by atoms with E-state index in [0.717, 1.165) is 19.6 Å². The van der Waals surface area contributed by atoms with Gasteiger partial charge in [0.2, 0.25) is 5.95 Å². The van der Waals surface area contributed by atoms with Crippen molar-refractivity contribution in [3.05, 3.63) is 131 Å². The minimum atomic E-state index is -0.624. The maximum absolute atomic E-state index is 14.1. The lowest BCUT2D eigenvalue weighted by atomic mass is 9.75. The average molecular weight is 472 g/mol. The number of hydrogen-bond acceptors (Lipinski definition) is 3. The first kappa shape index (κ1) is 22.6. The second-order valence-corrected chi connectivity index (χ2v) is 9.15. The summed E-state index contributed by atoms with van der Waals surface area (Å²) in [7, 11) is 0. The number of anilines is 1. The molecular weight excluding hydrogens is 445 g/mol. The molecule has 1 aliphatic heterocycles. The number of piperazine rings is 1. The number of aromatic nitrogens is 1. The van der Waals surface area contributed by atoms with Gasteiger partial charge in [-0.2, -0.15) is 4.39 Å². The molecule has 5 heteroatoms. The lowest BCUT2D eigenvalue weighted by molar-refractivity contribution is 0.128. The first-order chi connectivity index (χ1) is 16.6. The molecule has 172 valence electrons. The van der Waals surface area contributed by atoms with E-state index in [4.69, 9.17) is 11.6 Å². The predicted octanol–water partition coefficient (Wildman–Crippen LogP) is 6.38. The Morgan fingerprint density at radius 1 is 0.765 bits per heavy atom. The van der Waals surface area contributed by atoms with Crippen LogP contribution in [0, 0.1) is 5.95 Å². The van der Waals surface area contributed by atoms with Crippen molar-refractivity contribution in [2.75, 3.05) is 24.5 Å². The van der Waals surface area contributed by atoms with Crippen LogP contribution in [-0.2, 0) is 5.54 Å². The zero-order chi connectivity index (χ0) is 23.5. The molecule has 1 aliphatic rings. The molecule has 0 amide bonds. The molecule has 3 nitrogen and oxygen atoms in total. The van der Waals surface area contributed by atoms with Crippen LogP contribution in [0.1, 0.15) is 23.6 Å². The van der Waals surface area contributed by atoms with E-state index in [1.54, 1.807) is 12.1 Å². The van der Waals surface area contributed by atoms with Crippen LogP contribution in [0.15, 0.2) is 103 Å². The monoisotopic (exact) mass is 471 g/mol. The number of halogens is 2. The summed E-state index contributed by atoms with van der Waals surface area (Å²) in [5.74, 6) is -0.000201. The lowest BCUT2D eigenvalue weighted by Crippen LogP contribution is -2.60. The van der Waals surface area contributed by atoms with E-state index in [-0.39, 0.29) is 11.1 Å². The van der Waals surface area contributed by atoms with Gasteiger partial charge in [-0.25, -0.2) is 4.98 Å². The van der Waals surface area contributed by atoms with Gasteiger partial charge in [-0.15, -0.1) is 0 Å². The standard InChI is InChI=1S/C29H27ClFN3/c1-22-21-33(19-20-34(22)27-18-17-26(30)28(31)32-27)29(23-11-5-2-6-12-23,24-13-7-3-8-14-24)25-15-9-4-10-16-25/h2-18,22H,19-21H2,1H3. The van der Waals surface area contributed by atoms with E-state index >= 15 is 0 Å². The molecule has 0 N–H and O–H groups in total. The quantitative estimate of drug-likeness (QED) is 0.249. The lowest BCUT2D eigenvalue weighted by Gasteiger charge is -2.51. The van der Waals surface area contributed by atoms with Crippen molar-refractivity contribution < 1.29 is 4.39 Å². The van der Waals surface area contributed by atoms with Gasteiger partial charge < -0.3 is 4.90 Å². The summed E-state index contributed by atoms with van der Waals surface area (Å²) in [5.41, 5.74) is 3.22. The van der Waals surface area contributed by atoms with Crippen molar-refractivity contribution >= 4 is 17.4 Å². The van der Waals surface area contributed by atoms with Crippen LogP contribution < -0.4 is 4.90 Å². The first-order valence-corrected chi connectivity index (χ1v) is 12.0. The molecule has 3 aromatic carbocycles. The van der Waals surface area contributed by atoms with E-state index in [9.17, 15) is 4.39 Å². The van der Waals surface area contributed by atoms with E-state index in [2.05, 4.69) is 113 Å². The topological polar surface area (TPSA) is 19.4 Å². The summed E-state index contributed by atoms with van der Waals surface area (Å²) in [6.07, 6.45) is 0. The van der Waals surface area contributed by atoms with Gasteiger partial charge in [0, 0.05) is 25.7 Å². The maximum Gasteiger partial charge on any atom is 0.233 e. The molecule has 0 spiro atoms. The molecule has 5 rings (SSSR count). The van der Waals surface area contributed by atoms with E-state index in [1.165, 1.54) is 16.7 Å². The molecule has 0 bridgehead atoms. The number of hydrogen-bond donors (Lipinski definition) is 0. The summed E-state index contributed by atoms with van der Waals surface area (Å²) in [6, 6.07) is 35.6. The molecule has 0 aliphatic carbocycles. The van der Waals surface area contributed by atoms with Crippen LogP contribution in [-0.4, -0.2) is 35.6 Å². The highest BCUT2D eigenvalue weighted by Crippen LogP contribution is 2.43. The van der Waals surface area contributed by atoms with Crippen molar-refractivity contribution in [1.29, 1.82) is 0 Å².